The summed E-state index contributed by atoms with van der Waals surface area (Å²) in [6.07, 6.45) is 3.76. The van der Waals surface area contributed by atoms with E-state index in [4.69, 9.17) is 15.1 Å². The van der Waals surface area contributed by atoms with E-state index in [-0.39, 0.29) is 27.8 Å². The molecule has 6 nitrogen and oxygen atoms in total. The van der Waals surface area contributed by atoms with Crippen LogP contribution in [0.1, 0.15) is 11.4 Å². The first-order valence-electron chi connectivity index (χ1n) is 19.6. The molecule has 6 aromatic carbocycles. The predicted molar refractivity (Wildman–Crippen MR) is 238 cm³/mol. The average molecular weight is 938 g/mol. The van der Waals surface area contributed by atoms with Crippen LogP contribution in [0.2, 0.25) is 0 Å². The van der Waals surface area contributed by atoms with E-state index in [1.54, 1.807) is 0 Å². The second kappa shape index (κ2) is 14.8. The van der Waals surface area contributed by atoms with Gasteiger partial charge in [0.1, 0.15) is 11.6 Å². The fraction of sp³-hybridized carbons (Fsp3) is 0.0392. The van der Waals surface area contributed by atoms with Crippen molar-refractivity contribution in [2.45, 2.75) is 13.8 Å². The van der Waals surface area contributed by atoms with Gasteiger partial charge in [-0.15, -0.1) is 10.8 Å². The standard InChI is InChI=1S/C51H35BN6.Pt/c1-34-51(35(2)58(55-34)40-17-7-4-8-18-40)36-28-30-54-50(31-36)57-46-22-12-10-20-42(46)44-27-25-39(33-48(44)57)52(37-15-5-3-6-16-37)38-24-26-43-41-19-9-11-21-45(41)56(47(43)32-38)49-23-13-14-29-53-49;/h3-31H,1-2H3;/q-2;+2. The van der Waals surface area contributed by atoms with Gasteiger partial charge in [0.2, 0.25) is 0 Å². The summed E-state index contributed by atoms with van der Waals surface area (Å²) in [4.78, 5) is 9.80. The maximum atomic E-state index is 5.02. The SMILES string of the molecule is Cc1nn(-c2ccccc2)c(C)c1-c1ccnc(-n2c3[c-]c(B(c4[c-]c5c(cc4)c4ccccc4n5-c4ccccn4)c4ccccc4)ccc3c3ccccc32)c1.[Pt+2]. The van der Waals surface area contributed by atoms with Crippen molar-refractivity contribution < 1.29 is 21.1 Å². The van der Waals surface area contributed by atoms with Gasteiger partial charge in [-0.05, 0) is 78.7 Å². The second-order valence-corrected chi connectivity index (χ2v) is 14.8. The van der Waals surface area contributed by atoms with Gasteiger partial charge in [0.05, 0.1) is 11.4 Å². The Balaban J connectivity index is 0.00000420. The molecule has 11 rings (SSSR count). The topological polar surface area (TPSA) is 53.5 Å². The third-order valence-corrected chi connectivity index (χ3v) is 11.4. The molecule has 0 saturated heterocycles. The van der Waals surface area contributed by atoms with Crippen LogP contribution in [-0.4, -0.2) is 35.6 Å². The van der Waals surface area contributed by atoms with Gasteiger partial charge in [-0.1, -0.05) is 107 Å². The summed E-state index contributed by atoms with van der Waals surface area (Å²) >= 11 is 0. The number of hydrogen-bond acceptors (Lipinski definition) is 3. The van der Waals surface area contributed by atoms with E-state index in [9.17, 15) is 0 Å². The van der Waals surface area contributed by atoms with Gasteiger partial charge in [-0.25, -0.2) is 14.6 Å². The van der Waals surface area contributed by atoms with Gasteiger partial charge in [-0.2, -0.15) is 52.4 Å². The largest absolute Gasteiger partial charge is 2.00 e. The summed E-state index contributed by atoms with van der Waals surface area (Å²) in [6, 6.07) is 65.3. The Morgan fingerprint density at radius 2 is 1.07 bits per heavy atom. The van der Waals surface area contributed by atoms with Gasteiger partial charge in [0.15, 0.2) is 6.71 Å². The predicted octanol–water partition coefficient (Wildman–Crippen LogP) is 9.25. The van der Waals surface area contributed by atoms with Crippen molar-refractivity contribution in [3.05, 3.63) is 200 Å². The zero-order valence-corrected chi connectivity index (χ0v) is 34.6. The Morgan fingerprint density at radius 3 is 1.69 bits per heavy atom. The van der Waals surface area contributed by atoms with Crippen molar-refractivity contribution in [3.8, 4) is 28.5 Å². The molecule has 0 fully saturated rings. The molecule has 0 radical (unpaired) electrons. The molecule has 0 spiro atoms. The van der Waals surface area contributed by atoms with E-state index in [1.807, 2.05) is 47.4 Å². The molecule has 11 aromatic rings. The van der Waals surface area contributed by atoms with Crippen molar-refractivity contribution in [1.29, 1.82) is 0 Å². The van der Waals surface area contributed by atoms with Crippen LogP contribution in [0.15, 0.2) is 176 Å². The van der Waals surface area contributed by atoms with Crippen LogP contribution >= 0.6 is 0 Å². The first-order chi connectivity index (χ1) is 28.6. The fourth-order valence-corrected chi connectivity index (χ4v) is 8.86. The van der Waals surface area contributed by atoms with Crippen LogP contribution in [0.5, 0.6) is 0 Å². The smallest absolute Gasteiger partial charge is 0.319 e. The minimum absolute atomic E-state index is 0. The molecule has 5 heterocycles. The quantitative estimate of drug-likeness (QED) is 0.118. The van der Waals surface area contributed by atoms with Crippen LogP contribution in [0.3, 0.4) is 0 Å². The Hall–Kier alpha value is -6.82. The molecule has 5 aromatic heterocycles. The number of pyridine rings is 2. The zero-order valence-electron chi connectivity index (χ0n) is 32.3. The Morgan fingerprint density at radius 1 is 0.508 bits per heavy atom. The molecule has 0 aliphatic rings. The number of para-hydroxylation sites is 3. The van der Waals surface area contributed by atoms with Crippen molar-refractivity contribution >= 4 is 66.7 Å². The summed E-state index contributed by atoms with van der Waals surface area (Å²) in [7, 11) is 0. The second-order valence-electron chi connectivity index (χ2n) is 14.8. The van der Waals surface area contributed by atoms with Crippen molar-refractivity contribution in [2.75, 3.05) is 0 Å². The zero-order chi connectivity index (χ0) is 38.7. The molecule has 282 valence electrons. The van der Waals surface area contributed by atoms with E-state index >= 15 is 0 Å². The summed E-state index contributed by atoms with van der Waals surface area (Å²) < 4.78 is 6.52. The molecule has 0 aliphatic carbocycles. The average Bonchev–Trinajstić information content (AvgIpc) is 3.90. The van der Waals surface area contributed by atoms with E-state index in [1.165, 1.54) is 10.8 Å². The molecule has 0 saturated carbocycles. The number of fused-ring (bicyclic) bond motifs is 6. The van der Waals surface area contributed by atoms with E-state index in [2.05, 4.69) is 169 Å². The van der Waals surface area contributed by atoms with Crippen molar-refractivity contribution in [3.63, 3.8) is 0 Å². The van der Waals surface area contributed by atoms with Gasteiger partial charge in [0, 0.05) is 34.7 Å². The Kier molecular flexibility index (Phi) is 9.19. The van der Waals surface area contributed by atoms with Gasteiger partial charge < -0.3 is 9.13 Å². The molecule has 0 unspecified atom stereocenters. The minimum Gasteiger partial charge on any atom is -0.319 e. The number of aromatic nitrogens is 6. The third-order valence-electron chi connectivity index (χ3n) is 11.4. The maximum absolute atomic E-state index is 5.02. The molecule has 0 bridgehead atoms. The normalized spacial score (nSPS) is 11.4. The van der Waals surface area contributed by atoms with E-state index in [0.29, 0.717) is 0 Å². The number of nitrogens with zero attached hydrogens (tertiary/aromatic N) is 6. The van der Waals surface area contributed by atoms with Crippen LogP contribution in [0.4, 0.5) is 0 Å². The minimum atomic E-state index is -0.148. The molecule has 0 atom stereocenters. The monoisotopic (exact) mass is 937 g/mol. The molecule has 0 aliphatic heterocycles. The number of aryl methyl sites for hydroxylation is 1. The Bertz CT molecular complexity index is 3320. The molecular formula is C51H35BN6Pt. The molecule has 8 heteroatoms. The molecular weight excluding hydrogens is 902 g/mol. The van der Waals surface area contributed by atoms with Gasteiger partial charge >= 0.3 is 21.1 Å². The van der Waals surface area contributed by atoms with Crippen LogP contribution < -0.4 is 16.4 Å². The van der Waals surface area contributed by atoms with Crippen molar-refractivity contribution in [1.82, 2.24) is 28.9 Å². The fourth-order valence-electron chi connectivity index (χ4n) is 8.86. The molecule has 59 heavy (non-hydrogen) atoms. The van der Waals surface area contributed by atoms with Gasteiger partial charge in [0.25, 0.3) is 0 Å². The van der Waals surface area contributed by atoms with Crippen molar-refractivity contribution in [2.24, 2.45) is 0 Å². The summed E-state index contributed by atoms with van der Waals surface area (Å²) in [6.45, 7) is 4.07. The molecule has 0 N–H and O–H groups in total. The van der Waals surface area contributed by atoms with E-state index < -0.39 is 0 Å². The summed E-state index contributed by atoms with van der Waals surface area (Å²) in [5, 5.41) is 9.56. The van der Waals surface area contributed by atoms with Crippen LogP contribution in [-0.2, 0) is 21.1 Å². The van der Waals surface area contributed by atoms with Gasteiger partial charge in [-0.3, -0.25) is 0 Å². The number of benzene rings is 6. The van der Waals surface area contributed by atoms with Crippen LogP contribution in [0, 0.1) is 26.0 Å². The van der Waals surface area contributed by atoms with E-state index in [0.717, 1.165) is 89.0 Å². The summed E-state index contributed by atoms with van der Waals surface area (Å²) in [5.74, 6) is 1.69. The number of hydrogen-bond donors (Lipinski definition) is 0. The Labute approximate surface area is 356 Å². The first-order valence-corrected chi connectivity index (χ1v) is 19.6. The molecule has 0 amide bonds. The van der Waals surface area contributed by atoms with Crippen LogP contribution in [0.25, 0.3) is 72.1 Å². The maximum Gasteiger partial charge on any atom is 2.00 e. The number of rotatable bonds is 7. The third kappa shape index (κ3) is 6.04. The first kappa shape index (κ1) is 36.5. The summed E-state index contributed by atoms with van der Waals surface area (Å²) in [5.41, 5.74) is 12.7.